The second kappa shape index (κ2) is 6.55. The molecule has 1 aliphatic heterocycles. The van der Waals surface area contributed by atoms with Crippen LogP contribution in [0.5, 0.6) is 5.75 Å². The van der Waals surface area contributed by atoms with E-state index in [1.54, 1.807) is 0 Å². The average molecular weight is 310 g/mol. The number of rotatable bonds is 4. The predicted molar refractivity (Wildman–Crippen MR) is 84.8 cm³/mol. The van der Waals surface area contributed by atoms with Crippen molar-refractivity contribution in [2.75, 3.05) is 6.61 Å². The monoisotopic (exact) mass is 309 g/mol. The van der Waals surface area contributed by atoms with Gasteiger partial charge in [-0.05, 0) is 43.9 Å². The molecule has 1 heterocycles. The van der Waals surface area contributed by atoms with Crippen LogP contribution in [0.2, 0.25) is 5.02 Å². The van der Waals surface area contributed by atoms with Gasteiger partial charge in [0.15, 0.2) is 0 Å². The lowest BCUT2D eigenvalue weighted by Gasteiger charge is -2.33. The Morgan fingerprint density at radius 1 is 1.24 bits per heavy atom. The molecule has 0 aromatic heterocycles. The summed E-state index contributed by atoms with van der Waals surface area (Å²) in [6.45, 7) is 1.04. The SMILES string of the molecule is NCc1cc(Cl)ccc1OCC1CCC2(CCCCC2)O1. The molecule has 0 radical (unpaired) electrons. The minimum Gasteiger partial charge on any atom is -0.491 e. The molecule has 21 heavy (non-hydrogen) atoms. The van der Waals surface area contributed by atoms with E-state index in [0.717, 1.165) is 17.7 Å². The Morgan fingerprint density at radius 3 is 2.81 bits per heavy atom. The third kappa shape index (κ3) is 3.53. The van der Waals surface area contributed by atoms with Crippen molar-refractivity contribution in [2.45, 2.75) is 63.2 Å². The van der Waals surface area contributed by atoms with Crippen LogP contribution < -0.4 is 10.5 Å². The summed E-state index contributed by atoms with van der Waals surface area (Å²) in [5.74, 6) is 0.829. The fraction of sp³-hybridized carbons (Fsp3) is 0.647. The molecule has 1 spiro atoms. The van der Waals surface area contributed by atoms with Crippen molar-refractivity contribution in [1.29, 1.82) is 0 Å². The Balaban J connectivity index is 1.56. The standard InChI is InChI=1S/C17H24ClNO2/c18-14-4-5-16(13(10-14)11-19)20-12-15-6-9-17(21-15)7-2-1-3-8-17/h4-5,10,15H,1-3,6-9,11-12,19H2. The van der Waals surface area contributed by atoms with Crippen LogP contribution in [-0.4, -0.2) is 18.3 Å². The van der Waals surface area contributed by atoms with E-state index in [2.05, 4.69) is 0 Å². The van der Waals surface area contributed by atoms with Crippen LogP contribution in [0.4, 0.5) is 0 Å². The Kier molecular flexibility index (Phi) is 4.72. The van der Waals surface area contributed by atoms with Crippen molar-refractivity contribution in [2.24, 2.45) is 5.73 Å². The summed E-state index contributed by atoms with van der Waals surface area (Å²) in [5.41, 5.74) is 6.85. The molecule has 1 aromatic carbocycles. The molecule has 116 valence electrons. The van der Waals surface area contributed by atoms with Gasteiger partial charge in [0.2, 0.25) is 0 Å². The molecule has 0 bridgehead atoms. The number of nitrogens with two attached hydrogens (primary N) is 1. The van der Waals surface area contributed by atoms with Gasteiger partial charge in [0.25, 0.3) is 0 Å². The van der Waals surface area contributed by atoms with Gasteiger partial charge < -0.3 is 15.2 Å². The molecule has 1 aromatic rings. The fourth-order valence-electron chi connectivity index (χ4n) is 3.61. The first-order valence-corrected chi connectivity index (χ1v) is 8.38. The first kappa shape index (κ1) is 15.1. The topological polar surface area (TPSA) is 44.5 Å². The molecule has 0 amide bonds. The Labute approximate surface area is 131 Å². The van der Waals surface area contributed by atoms with E-state index in [4.69, 9.17) is 26.8 Å². The molecule has 2 fully saturated rings. The van der Waals surface area contributed by atoms with E-state index < -0.39 is 0 Å². The quantitative estimate of drug-likeness (QED) is 0.912. The van der Waals surface area contributed by atoms with E-state index in [9.17, 15) is 0 Å². The second-order valence-corrected chi connectivity index (χ2v) is 6.73. The van der Waals surface area contributed by atoms with Gasteiger partial charge >= 0.3 is 0 Å². The van der Waals surface area contributed by atoms with Gasteiger partial charge in [-0.15, -0.1) is 0 Å². The highest BCUT2D eigenvalue weighted by molar-refractivity contribution is 6.30. The van der Waals surface area contributed by atoms with Gasteiger partial charge in [-0.2, -0.15) is 0 Å². The molecular weight excluding hydrogens is 286 g/mol. The lowest BCUT2D eigenvalue weighted by Crippen LogP contribution is -2.33. The van der Waals surface area contributed by atoms with E-state index in [1.165, 1.54) is 38.5 Å². The zero-order valence-electron chi connectivity index (χ0n) is 12.4. The molecule has 2 aliphatic rings. The van der Waals surface area contributed by atoms with Crippen LogP contribution in [0.3, 0.4) is 0 Å². The van der Waals surface area contributed by atoms with Crippen molar-refractivity contribution < 1.29 is 9.47 Å². The average Bonchev–Trinajstić information content (AvgIpc) is 2.89. The van der Waals surface area contributed by atoms with Crippen molar-refractivity contribution in [3.05, 3.63) is 28.8 Å². The summed E-state index contributed by atoms with van der Waals surface area (Å²) in [6.07, 6.45) is 8.92. The molecule has 3 nitrogen and oxygen atoms in total. The Bertz CT molecular complexity index is 486. The minimum absolute atomic E-state index is 0.156. The third-order valence-corrected chi connectivity index (χ3v) is 5.01. The zero-order chi connectivity index (χ0) is 14.7. The summed E-state index contributed by atoms with van der Waals surface area (Å²) < 4.78 is 12.3. The third-order valence-electron chi connectivity index (χ3n) is 4.77. The van der Waals surface area contributed by atoms with Gasteiger partial charge in [-0.1, -0.05) is 30.9 Å². The highest BCUT2D eigenvalue weighted by Crippen LogP contribution is 2.42. The molecule has 1 aliphatic carbocycles. The first-order chi connectivity index (χ1) is 10.2. The number of halogens is 1. The van der Waals surface area contributed by atoms with E-state index >= 15 is 0 Å². The van der Waals surface area contributed by atoms with Crippen molar-refractivity contribution in [3.63, 3.8) is 0 Å². The fourth-order valence-corrected chi connectivity index (χ4v) is 3.80. The highest BCUT2D eigenvalue weighted by atomic mass is 35.5. The molecule has 2 N–H and O–H groups in total. The lowest BCUT2D eigenvalue weighted by atomic mass is 9.83. The molecular formula is C17H24ClNO2. The summed E-state index contributed by atoms with van der Waals surface area (Å²) in [7, 11) is 0. The van der Waals surface area contributed by atoms with Crippen LogP contribution >= 0.6 is 11.6 Å². The van der Waals surface area contributed by atoms with Gasteiger partial charge in [0.05, 0.1) is 11.7 Å². The van der Waals surface area contributed by atoms with Gasteiger partial charge in [0.1, 0.15) is 12.4 Å². The number of ether oxygens (including phenoxy) is 2. The van der Waals surface area contributed by atoms with Crippen molar-refractivity contribution in [3.8, 4) is 5.75 Å². The zero-order valence-corrected chi connectivity index (χ0v) is 13.2. The smallest absolute Gasteiger partial charge is 0.124 e. The minimum atomic E-state index is 0.156. The predicted octanol–water partition coefficient (Wildman–Crippen LogP) is 4.06. The van der Waals surface area contributed by atoms with E-state index in [1.807, 2.05) is 18.2 Å². The van der Waals surface area contributed by atoms with Gasteiger partial charge in [0, 0.05) is 17.1 Å². The summed E-state index contributed by atoms with van der Waals surface area (Å²) in [5, 5.41) is 0.695. The maximum absolute atomic E-state index is 6.33. The van der Waals surface area contributed by atoms with Gasteiger partial charge in [-0.3, -0.25) is 0 Å². The summed E-state index contributed by atoms with van der Waals surface area (Å²) in [4.78, 5) is 0. The number of hydrogen-bond donors (Lipinski definition) is 1. The van der Waals surface area contributed by atoms with Crippen LogP contribution in [0.1, 0.15) is 50.5 Å². The van der Waals surface area contributed by atoms with E-state index in [-0.39, 0.29) is 11.7 Å². The first-order valence-electron chi connectivity index (χ1n) is 8.00. The van der Waals surface area contributed by atoms with Crippen LogP contribution in [0.15, 0.2) is 18.2 Å². The number of benzene rings is 1. The van der Waals surface area contributed by atoms with Crippen LogP contribution in [-0.2, 0) is 11.3 Å². The van der Waals surface area contributed by atoms with Crippen molar-refractivity contribution >= 4 is 11.6 Å². The largest absolute Gasteiger partial charge is 0.491 e. The van der Waals surface area contributed by atoms with Crippen LogP contribution in [0, 0.1) is 0 Å². The maximum atomic E-state index is 6.33. The normalized spacial score (nSPS) is 24.4. The highest BCUT2D eigenvalue weighted by Gasteiger charge is 2.40. The summed E-state index contributed by atoms with van der Waals surface area (Å²) >= 11 is 5.98. The molecule has 4 heteroatoms. The van der Waals surface area contributed by atoms with Crippen molar-refractivity contribution in [1.82, 2.24) is 0 Å². The Morgan fingerprint density at radius 2 is 2.05 bits per heavy atom. The van der Waals surface area contributed by atoms with Gasteiger partial charge in [-0.25, -0.2) is 0 Å². The van der Waals surface area contributed by atoms with Crippen LogP contribution in [0.25, 0.3) is 0 Å². The molecule has 1 atom stereocenters. The molecule has 3 rings (SSSR count). The van der Waals surface area contributed by atoms with E-state index in [0.29, 0.717) is 18.2 Å². The summed E-state index contributed by atoms with van der Waals surface area (Å²) in [6, 6.07) is 5.61. The number of hydrogen-bond acceptors (Lipinski definition) is 3. The second-order valence-electron chi connectivity index (χ2n) is 6.29. The Hall–Kier alpha value is -0.770. The molecule has 1 saturated heterocycles. The lowest BCUT2D eigenvalue weighted by molar-refractivity contribution is -0.0749. The molecule has 1 unspecified atom stereocenters. The maximum Gasteiger partial charge on any atom is 0.124 e. The molecule has 1 saturated carbocycles.